The molecule has 4 atom stereocenters. The number of morpholine rings is 1. The van der Waals surface area contributed by atoms with E-state index in [2.05, 4.69) is 0 Å². The van der Waals surface area contributed by atoms with E-state index in [1.54, 1.807) is 4.90 Å². The number of imide groups is 1. The summed E-state index contributed by atoms with van der Waals surface area (Å²) in [5.41, 5.74) is 0. The average Bonchev–Trinajstić information content (AvgIpc) is 3.18. The highest BCUT2D eigenvalue weighted by Gasteiger charge is 2.60. The van der Waals surface area contributed by atoms with Crippen LogP contribution in [0.4, 0.5) is 0 Å². The van der Waals surface area contributed by atoms with Crippen LogP contribution in [0.25, 0.3) is 0 Å². The molecule has 4 rings (SSSR count). The van der Waals surface area contributed by atoms with E-state index in [1.165, 1.54) is 0 Å². The molecular weight excluding hydrogens is 276 g/mol. The lowest BCUT2D eigenvalue weighted by Crippen LogP contribution is -2.47. The molecule has 112 valence electrons. The molecule has 7 heteroatoms. The van der Waals surface area contributed by atoms with Crippen LogP contribution in [0, 0.1) is 11.8 Å². The topological polar surface area (TPSA) is 76.2 Å². The first kappa shape index (κ1) is 13.0. The van der Waals surface area contributed by atoms with Gasteiger partial charge in [0.1, 0.15) is 6.54 Å². The van der Waals surface area contributed by atoms with Gasteiger partial charge in [-0.15, -0.1) is 0 Å². The van der Waals surface area contributed by atoms with Crippen molar-refractivity contribution in [1.29, 1.82) is 0 Å². The van der Waals surface area contributed by atoms with Crippen LogP contribution in [-0.4, -0.2) is 72.6 Å². The maximum absolute atomic E-state index is 12.4. The largest absolute Gasteiger partial charge is 0.378 e. The van der Waals surface area contributed by atoms with Crippen LogP contribution < -0.4 is 0 Å². The highest BCUT2D eigenvalue weighted by Crippen LogP contribution is 2.44. The molecule has 4 unspecified atom stereocenters. The molecule has 4 aliphatic rings. The second-order valence-corrected chi connectivity index (χ2v) is 5.76. The molecule has 2 bridgehead atoms. The Morgan fingerprint density at radius 2 is 1.67 bits per heavy atom. The molecule has 4 aliphatic heterocycles. The number of ether oxygens (including phenoxy) is 2. The van der Waals surface area contributed by atoms with Crippen molar-refractivity contribution in [3.8, 4) is 0 Å². The lowest BCUT2D eigenvalue weighted by molar-refractivity contribution is -0.149. The summed E-state index contributed by atoms with van der Waals surface area (Å²) in [5.74, 6) is -1.62. The van der Waals surface area contributed by atoms with Crippen molar-refractivity contribution in [2.45, 2.75) is 12.2 Å². The molecule has 4 heterocycles. The van der Waals surface area contributed by atoms with Crippen LogP contribution in [-0.2, 0) is 23.9 Å². The van der Waals surface area contributed by atoms with E-state index in [9.17, 15) is 14.4 Å². The van der Waals surface area contributed by atoms with Gasteiger partial charge in [-0.3, -0.25) is 19.3 Å². The Morgan fingerprint density at radius 3 is 2.24 bits per heavy atom. The van der Waals surface area contributed by atoms with Crippen molar-refractivity contribution in [3.63, 3.8) is 0 Å². The lowest BCUT2D eigenvalue weighted by atomic mass is 9.85. The van der Waals surface area contributed by atoms with E-state index >= 15 is 0 Å². The van der Waals surface area contributed by atoms with E-state index < -0.39 is 11.8 Å². The van der Waals surface area contributed by atoms with E-state index in [-0.39, 0.29) is 36.5 Å². The maximum Gasteiger partial charge on any atom is 0.242 e. The van der Waals surface area contributed by atoms with Crippen LogP contribution in [0.15, 0.2) is 12.2 Å². The Kier molecular flexibility index (Phi) is 2.87. The third-order valence-corrected chi connectivity index (χ3v) is 4.66. The fourth-order valence-corrected chi connectivity index (χ4v) is 3.57. The normalized spacial score (nSPS) is 37.5. The number of fused-ring (bicyclic) bond motifs is 5. The molecule has 0 N–H and O–H groups in total. The number of rotatable bonds is 2. The van der Waals surface area contributed by atoms with Gasteiger partial charge < -0.3 is 14.4 Å². The van der Waals surface area contributed by atoms with Gasteiger partial charge in [0.05, 0.1) is 37.3 Å². The van der Waals surface area contributed by atoms with E-state index in [4.69, 9.17) is 9.47 Å². The highest BCUT2D eigenvalue weighted by molar-refractivity contribution is 6.08. The number of carbonyl (C=O) groups excluding carboxylic acids is 3. The lowest BCUT2D eigenvalue weighted by Gasteiger charge is -2.28. The van der Waals surface area contributed by atoms with Gasteiger partial charge in [-0.05, 0) is 0 Å². The molecule has 0 aromatic heterocycles. The molecule has 3 fully saturated rings. The number of likely N-dealkylation sites (tertiary alicyclic amines) is 1. The smallest absolute Gasteiger partial charge is 0.242 e. The van der Waals surface area contributed by atoms with Gasteiger partial charge in [-0.2, -0.15) is 0 Å². The predicted molar refractivity (Wildman–Crippen MR) is 68.9 cm³/mol. The Morgan fingerprint density at radius 1 is 1.10 bits per heavy atom. The van der Waals surface area contributed by atoms with E-state index in [0.29, 0.717) is 26.3 Å². The number of hydrogen-bond donors (Lipinski definition) is 0. The number of hydrogen-bond acceptors (Lipinski definition) is 5. The van der Waals surface area contributed by atoms with Crippen LogP contribution in [0.2, 0.25) is 0 Å². The molecular formula is C14H16N2O5. The monoisotopic (exact) mass is 292 g/mol. The van der Waals surface area contributed by atoms with E-state index in [0.717, 1.165) is 4.90 Å². The van der Waals surface area contributed by atoms with Crippen molar-refractivity contribution in [1.82, 2.24) is 9.80 Å². The molecule has 3 saturated heterocycles. The van der Waals surface area contributed by atoms with Crippen molar-refractivity contribution in [2.75, 3.05) is 32.8 Å². The van der Waals surface area contributed by atoms with Gasteiger partial charge in [0.15, 0.2) is 0 Å². The summed E-state index contributed by atoms with van der Waals surface area (Å²) in [5, 5.41) is 0. The summed E-state index contributed by atoms with van der Waals surface area (Å²) in [4.78, 5) is 39.8. The molecule has 0 aliphatic carbocycles. The summed E-state index contributed by atoms with van der Waals surface area (Å²) < 4.78 is 10.8. The highest BCUT2D eigenvalue weighted by atomic mass is 16.5. The van der Waals surface area contributed by atoms with Crippen molar-refractivity contribution < 1.29 is 23.9 Å². The SMILES string of the molecule is O=C(CN1C(=O)C2C3C=CC(O3)C2C1=O)N1CCOCC1. The van der Waals surface area contributed by atoms with E-state index in [1.807, 2.05) is 12.2 Å². The first-order chi connectivity index (χ1) is 10.2. The minimum Gasteiger partial charge on any atom is -0.378 e. The standard InChI is InChI=1S/C14H16N2O5/c17-10(15-3-5-20-6-4-15)7-16-13(18)11-8-1-2-9(21-8)12(11)14(16)19/h1-2,8-9,11-12H,3-7H2. The Bertz CT molecular complexity index is 509. The zero-order valence-electron chi connectivity index (χ0n) is 11.4. The van der Waals surface area contributed by atoms with Gasteiger partial charge in [-0.1, -0.05) is 12.2 Å². The van der Waals surface area contributed by atoms with Crippen molar-refractivity contribution in [3.05, 3.63) is 12.2 Å². The van der Waals surface area contributed by atoms with Crippen LogP contribution in [0.3, 0.4) is 0 Å². The minimum atomic E-state index is -0.440. The maximum atomic E-state index is 12.4. The average molecular weight is 292 g/mol. The molecule has 3 amide bonds. The molecule has 7 nitrogen and oxygen atoms in total. The minimum absolute atomic E-state index is 0.163. The predicted octanol–water partition coefficient (Wildman–Crippen LogP) is -1.22. The zero-order chi connectivity index (χ0) is 14.6. The first-order valence-corrected chi connectivity index (χ1v) is 7.21. The Labute approximate surface area is 121 Å². The van der Waals surface area contributed by atoms with Crippen LogP contribution in [0.1, 0.15) is 0 Å². The molecule has 0 radical (unpaired) electrons. The number of carbonyl (C=O) groups is 3. The summed E-state index contributed by atoms with van der Waals surface area (Å²) in [6.07, 6.45) is 3.06. The summed E-state index contributed by atoms with van der Waals surface area (Å²) in [6.45, 7) is 1.86. The molecule has 0 aromatic carbocycles. The summed E-state index contributed by atoms with van der Waals surface area (Å²) in [7, 11) is 0. The van der Waals surface area contributed by atoms with Gasteiger partial charge in [0.2, 0.25) is 17.7 Å². The van der Waals surface area contributed by atoms with Crippen molar-refractivity contribution >= 4 is 17.7 Å². The van der Waals surface area contributed by atoms with Gasteiger partial charge >= 0.3 is 0 Å². The fraction of sp³-hybridized carbons (Fsp3) is 0.643. The Hall–Kier alpha value is -1.73. The van der Waals surface area contributed by atoms with Gasteiger partial charge in [0, 0.05) is 13.1 Å². The van der Waals surface area contributed by atoms with Gasteiger partial charge in [-0.25, -0.2) is 0 Å². The molecule has 0 saturated carbocycles. The summed E-state index contributed by atoms with van der Waals surface area (Å²) in [6, 6.07) is 0. The van der Waals surface area contributed by atoms with Crippen molar-refractivity contribution in [2.24, 2.45) is 11.8 Å². The Balaban J connectivity index is 1.48. The zero-order valence-corrected chi connectivity index (χ0v) is 11.4. The fourth-order valence-electron chi connectivity index (χ4n) is 3.57. The number of nitrogens with zero attached hydrogens (tertiary/aromatic N) is 2. The molecule has 21 heavy (non-hydrogen) atoms. The quantitative estimate of drug-likeness (QED) is 0.471. The van der Waals surface area contributed by atoms with Crippen LogP contribution >= 0.6 is 0 Å². The molecule has 0 aromatic rings. The van der Waals surface area contributed by atoms with Gasteiger partial charge in [0.25, 0.3) is 0 Å². The first-order valence-electron chi connectivity index (χ1n) is 7.21. The third kappa shape index (κ3) is 1.84. The van der Waals surface area contributed by atoms with Crippen LogP contribution in [0.5, 0.6) is 0 Å². The third-order valence-electron chi connectivity index (χ3n) is 4.66. The second-order valence-electron chi connectivity index (χ2n) is 5.76. The summed E-state index contributed by atoms with van der Waals surface area (Å²) >= 11 is 0. The second kappa shape index (κ2) is 4.64. The number of amides is 3. The molecule has 0 spiro atoms.